The Morgan fingerprint density at radius 1 is 1.29 bits per heavy atom. The second kappa shape index (κ2) is 3.59. The molecule has 0 radical (unpaired) electrons. The fraction of sp³-hybridized carbons (Fsp3) is 0. The number of benzene rings is 1. The first-order valence-corrected chi connectivity index (χ1v) is 3.81. The van der Waals surface area contributed by atoms with E-state index in [4.69, 9.17) is 0 Å². The van der Waals surface area contributed by atoms with E-state index in [1.54, 1.807) is 24.3 Å². The van der Waals surface area contributed by atoms with Gasteiger partial charge in [-0.2, -0.15) is 4.99 Å². The van der Waals surface area contributed by atoms with Crippen molar-refractivity contribution in [2.75, 3.05) is 0 Å². The number of hydrogen-bond donors (Lipinski definition) is 0. The lowest BCUT2D eigenvalue weighted by Gasteiger charge is -1.96. The SMILES string of the molecule is O=C=Nc1ccc(-n2ncnn2)cc1. The van der Waals surface area contributed by atoms with Crippen molar-refractivity contribution in [1.82, 2.24) is 20.2 Å². The summed E-state index contributed by atoms with van der Waals surface area (Å²) in [4.78, 5) is 14.8. The zero-order chi connectivity index (χ0) is 9.80. The van der Waals surface area contributed by atoms with E-state index in [1.165, 1.54) is 17.2 Å². The number of carbonyl (C=O) groups excluding carboxylic acids is 1. The van der Waals surface area contributed by atoms with Crippen LogP contribution in [-0.2, 0) is 4.79 Å². The van der Waals surface area contributed by atoms with Gasteiger partial charge in [0.1, 0.15) is 0 Å². The molecule has 0 atom stereocenters. The summed E-state index contributed by atoms with van der Waals surface area (Å²) in [6.45, 7) is 0. The van der Waals surface area contributed by atoms with Crippen molar-refractivity contribution in [2.45, 2.75) is 0 Å². The molecule has 0 aliphatic rings. The maximum absolute atomic E-state index is 9.96. The Labute approximate surface area is 78.9 Å². The molecule has 1 heterocycles. The molecule has 0 unspecified atom stereocenters. The zero-order valence-electron chi connectivity index (χ0n) is 7.03. The van der Waals surface area contributed by atoms with Crippen molar-refractivity contribution in [2.24, 2.45) is 4.99 Å². The highest BCUT2D eigenvalue weighted by Crippen LogP contribution is 2.13. The zero-order valence-corrected chi connectivity index (χ0v) is 7.03. The molecule has 0 fully saturated rings. The molecule has 0 aliphatic carbocycles. The molecule has 6 heteroatoms. The standard InChI is InChI=1S/C8H5N5O/c14-6-9-7-1-3-8(4-2-7)13-11-5-10-12-13/h1-5H. The van der Waals surface area contributed by atoms with Crippen LogP contribution in [0.15, 0.2) is 35.6 Å². The predicted molar refractivity (Wildman–Crippen MR) is 46.9 cm³/mol. The van der Waals surface area contributed by atoms with Crippen LogP contribution in [0.1, 0.15) is 0 Å². The molecule has 68 valence electrons. The molecule has 0 amide bonds. The normalized spacial score (nSPS) is 9.43. The Hall–Kier alpha value is -2.33. The largest absolute Gasteiger partial charge is 0.240 e. The van der Waals surface area contributed by atoms with Crippen LogP contribution >= 0.6 is 0 Å². The molecule has 2 aromatic rings. The average Bonchev–Trinajstić information content (AvgIpc) is 2.72. The third-order valence-corrected chi connectivity index (χ3v) is 1.60. The molecule has 6 nitrogen and oxygen atoms in total. The highest BCUT2D eigenvalue weighted by molar-refractivity contribution is 5.50. The number of tetrazole rings is 1. The van der Waals surface area contributed by atoms with Crippen molar-refractivity contribution >= 4 is 11.8 Å². The van der Waals surface area contributed by atoms with Gasteiger partial charge in [-0.05, 0) is 29.5 Å². The van der Waals surface area contributed by atoms with E-state index in [-0.39, 0.29) is 0 Å². The summed E-state index contributed by atoms with van der Waals surface area (Å²) < 4.78 is 0. The molecule has 2 rings (SSSR count). The van der Waals surface area contributed by atoms with E-state index < -0.39 is 0 Å². The Bertz CT molecular complexity index is 455. The first-order chi connectivity index (χ1) is 6.90. The third-order valence-electron chi connectivity index (χ3n) is 1.60. The topological polar surface area (TPSA) is 73.0 Å². The Morgan fingerprint density at radius 3 is 2.64 bits per heavy atom. The van der Waals surface area contributed by atoms with Gasteiger partial charge in [-0.1, -0.05) is 0 Å². The maximum atomic E-state index is 9.96. The van der Waals surface area contributed by atoms with Gasteiger partial charge in [-0.25, -0.2) is 4.79 Å². The van der Waals surface area contributed by atoms with Crippen LogP contribution in [0.2, 0.25) is 0 Å². The van der Waals surface area contributed by atoms with E-state index >= 15 is 0 Å². The molecule has 0 saturated carbocycles. The van der Waals surface area contributed by atoms with Gasteiger partial charge >= 0.3 is 0 Å². The summed E-state index contributed by atoms with van der Waals surface area (Å²) in [6, 6.07) is 6.81. The summed E-state index contributed by atoms with van der Waals surface area (Å²) in [7, 11) is 0. The van der Waals surface area contributed by atoms with Crippen LogP contribution in [0.25, 0.3) is 5.69 Å². The first kappa shape index (κ1) is 8.28. The van der Waals surface area contributed by atoms with Crippen LogP contribution in [0.3, 0.4) is 0 Å². The van der Waals surface area contributed by atoms with Crippen molar-refractivity contribution in [3.63, 3.8) is 0 Å². The molecule has 0 bridgehead atoms. The van der Waals surface area contributed by atoms with Crippen LogP contribution in [-0.4, -0.2) is 26.3 Å². The molecular formula is C8H5N5O. The summed E-state index contributed by atoms with van der Waals surface area (Å²) in [5, 5.41) is 11.1. The minimum atomic E-state index is 0.545. The van der Waals surface area contributed by atoms with Crippen LogP contribution in [0, 0.1) is 0 Å². The Kier molecular flexibility index (Phi) is 2.12. The van der Waals surface area contributed by atoms with Gasteiger partial charge in [-0.3, -0.25) is 0 Å². The van der Waals surface area contributed by atoms with Crippen LogP contribution < -0.4 is 0 Å². The van der Waals surface area contributed by atoms with E-state index in [0.717, 1.165) is 5.69 Å². The number of hydrogen-bond acceptors (Lipinski definition) is 5. The lowest BCUT2D eigenvalue weighted by Crippen LogP contribution is -1.97. The summed E-state index contributed by atoms with van der Waals surface area (Å²) in [5.74, 6) is 0. The average molecular weight is 187 g/mol. The van der Waals surface area contributed by atoms with Gasteiger partial charge < -0.3 is 0 Å². The molecule has 1 aromatic heterocycles. The maximum Gasteiger partial charge on any atom is 0.240 e. The van der Waals surface area contributed by atoms with Gasteiger partial charge in [0.25, 0.3) is 0 Å². The minimum absolute atomic E-state index is 0.545. The second-order valence-electron chi connectivity index (χ2n) is 2.44. The molecular weight excluding hydrogens is 182 g/mol. The quantitative estimate of drug-likeness (QED) is 0.510. The highest BCUT2D eigenvalue weighted by atomic mass is 16.1. The number of nitrogens with zero attached hydrogens (tertiary/aromatic N) is 5. The fourth-order valence-corrected chi connectivity index (χ4v) is 0.999. The molecule has 14 heavy (non-hydrogen) atoms. The van der Waals surface area contributed by atoms with Gasteiger partial charge in [0.15, 0.2) is 6.33 Å². The third kappa shape index (κ3) is 1.55. The van der Waals surface area contributed by atoms with Gasteiger partial charge in [0.05, 0.1) is 11.4 Å². The highest BCUT2D eigenvalue weighted by Gasteiger charge is 1.97. The van der Waals surface area contributed by atoms with Crippen molar-refractivity contribution < 1.29 is 4.79 Å². The summed E-state index contributed by atoms with van der Waals surface area (Å²) >= 11 is 0. The van der Waals surface area contributed by atoms with Crippen molar-refractivity contribution in [3.05, 3.63) is 30.6 Å². The fourth-order valence-electron chi connectivity index (χ4n) is 0.999. The van der Waals surface area contributed by atoms with Crippen molar-refractivity contribution in [1.29, 1.82) is 0 Å². The number of aliphatic imine (C=N–C) groups is 1. The molecule has 1 aromatic carbocycles. The lowest BCUT2D eigenvalue weighted by molar-refractivity contribution is 0.565. The second-order valence-corrected chi connectivity index (χ2v) is 2.44. The number of aromatic nitrogens is 4. The van der Waals surface area contributed by atoms with E-state index in [9.17, 15) is 4.79 Å². The van der Waals surface area contributed by atoms with Crippen LogP contribution in [0.5, 0.6) is 0 Å². The Balaban J connectivity index is 2.35. The first-order valence-electron chi connectivity index (χ1n) is 3.81. The number of isocyanates is 1. The van der Waals surface area contributed by atoms with Crippen LogP contribution in [0.4, 0.5) is 5.69 Å². The summed E-state index contributed by atoms with van der Waals surface area (Å²) in [6.07, 6.45) is 2.81. The molecule has 0 saturated heterocycles. The van der Waals surface area contributed by atoms with E-state index in [0.29, 0.717) is 5.69 Å². The number of rotatable bonds is 2. The minimum Gasteiger partial charge on any atom is -0.211 e. The predicted octanol–water partition coefficient (Wildman–Crippen LogP) is 0.630. The van der Waals surface area contributed by atoms with Gasteiger partial charge in [0, 0.05) is 0 Å². The monoisotopic (exact) mass is 187 g/mol. The molecule has 0 aliphatic heterocycles. The van der Waals surface area contributed by atoms with E-state index in [1.807, 2.05) is 0 Å². The molecule has 0 N–H and O–H groups in total. The van der Waals surface area contributed by atoms with E-state index in [2.05, 4.69) is 20.4 Å². The Morgan fingerprint density at radius 2 is 2.07 bits per heavy atom. The smallest absolute Gasteiger partial charge is 0.211 e. The van der Waals surface area contributed by atoms with Crippen molar-refractivity contribution in [3.8, 4) is 5.69 Å². The summed E-state index contributed by atoms with van der Waals surface area (Å²) in [5.41, 5.74) is 1.30. The molecule has 0 spiro atoms. The lowest BCUT2D eigenvalue weighted by atomic mass is 10.3. The van der Waals surface area contributed by atoms with Gasteiger partial charge in [0.2, 0.25) is 6.08 Å². The van der Waals surface area contributed by atoms with Gasteiger partial charge in [-0.15, -0.1) is 15.0 Å².